The molecular formula is C32H23ClN4O3. The van der Waals surface area contributed by atoms with Gasteiger partial charge in [0.2, 0.25) is 0 Å². The monoisotopic (exact) mass is 546 g/mol. The molecule has 0 saturated carbocycles. The molecule has 5 rings (SSSR count). The number of amides is 1. The Morgan fingerprint density at radius 1 is 1.02 bits per heavy atom. The zero-order chi connectivity index (χ0) is 27.9. The van der Waals surface area contributed by atoms with Crippen molar-refractivity contribution in [2.45, 2.75) is 6.61 Å². The minimum Gasteiger partial charge on any atom is -0.493 e. The highest BCUT2D eigenvalue weighted by atomic mass is 35.5. The predicted molar refractivity (Wildman–Crippen MR) is 156 cm³/mol. The molecule has 5 aromatic rings. The van der Waals surface area contributed by atoms with Gasteiger partial charge in [-0.2, -0.15) is 10.4 Å². The maximum atomic E-state index is 13.2. The molecule has 0 fully saturated rings. The second-order valence-corrected chi connectivity index (χ2v) is 9.14. The molecule has 0 aliphatic heterocycles. The Balaban J connectivity index is 1.35. The summed E-state index contributed by atoms with van der Waals surface area (Å²) in [5.74, 6) is 0.360. The molecule has 40 heavy (non-hydrogen) atoms. The van der Waals surface area contributed by atoms with Crippen molar-refractivity contribution in [3.8, 4) is 28.8 Å². The van der Waals surface area contributed by atoms with Crippen LogP contribution in [-0.4, -0.2) is 24.2 Å². The molecule has 196 valence electrons. The number of pyridine rings is 1. The molecule has 4 aromatic carbocycles. The highest BCUT2D eigenvalue weighted by Gasteiger charge is 2.15. The molecule has 0 radical (unpaired) electrons. The third-order valence-electron chi connectivity index (χ3n) is 6.17. The minimum atomic E-state index is -0.374. The number of nitrogens with zero attached hydrogens (tertiary/aromatic N) is 3. The predicted octanol–water partition coefficient (Wildman–Crippen LogP) is 6.78. The highest BCUT2D eigenvalue weighted by Crippen LogP contribution is 2.36. The van der Waals surface area contributed by atoms with Gasteiger partial charge in [-0.25, -0.2) is 10.4 Å². The van der Waals surface area contributed by atoms with Crippen LogP contribution < -0.4 is 14.9 Å². The third kappa shape index (κ3) is 5.78. The number of hydrazone groups is 1. The molecule has 0 bridgehead atoms. The third-order valence-corrected chi connectivity index (χ3v) is 6.45. The zero-order valence-corrected chi connectivity index (χ0v) is 22.2. The van der Waals surface area contributed by atoms with Crippen LogP contribution >= 0.6 is 11.6 Å². The van der Waals surface area contributed by atoms with Crippen molar-refractivity contribution < 1.29 is 14.3 Å². The summed E-state index contributed by atoms with van der Waals surface area (Å²) in [6.45, 7) is 0.147. The normalized spacial score (nSPS) is 10.8. The Kier molecular flexibility index (Phi) is 8.00. The Bertz CT molecular complexity index is 1760. The van der Waals surface area contributed by atoms with Crippen LogP contribution in [0.4, 0.5) is 0 Å². The van der Waals surface area contributed by atoms with E-state index < -0.39 is 0 Å². The highest BCUT2D eigenvalue weighted by molar-refractivity contribution is 6.32. The lowest BCUT2D eigenvalue weighted by Gasteiger charge is -2.14. The Morgan fingerprint density at radius 3 is 2.58 bits per heavy atom. The van der Waals surface area contributed by atoms with Crippen LogP contribution in [0.3, 0.4) is 0 Å². The van der Waals surface area contributed by atoms with E-state index in [-0.39, 0.29) is 12.5 Å². The van der Waals surface area contributed by atoms with E-state index in [1.807, 2.05) is 66.7 Å². The molecule has 0 saturated heterocycles. The number of carbonyl (C=O) groups is 1. The molecule has 0 aliphatic carbocycles. The van der Waals surface area contributed by atoms with Gasteiger partial charge in [0, 0.05) is 16.5 Å². The molecule has 1 heterocycles. The fourth-order valence-electron chi connectivity index (χ4n) is 4.21. The molecule has 0 unspecified atom stereocenters. The molecule has 0 atom stereocenters. The largest absolute Gasteiger partial charge is 0.493 e. The van der Waals surface area contributed by atoms with Gasteiger partial charge < -0.3 is 9.47 Å². The summed E-state index contributed by atoms with van der Waals surface area (Å²) in [5.41, 5.74) is 7.22. The smallest absolute Gasteiger partial charge is 0.272 e. The lowest BCUT2D eigenvalue weighted by Crippen LogP contribution is -2.18. The molecule has 1 amide bonds. The molecule has 1 N–H and O–H groups in total. The minimum absolute atomic E-state index is 0.147. The molecular weight excluding hydrogens is 524 g/mol. The van der Waals surface area contributed by atoms with Crippen LogP contribution in [0.25, 0.3) is 22.2 Å². The number of benzene rings is 4. The van der Waals surface area contributed by atoms with Crippen molar-refractivity contribution in [1.29, 1.82) is 5.26 Å². The number of para-hydroxylation sites is 1. The quantitative estimate of drug-likeness (QED) is 0.171. The van der Waals surface area contributed by atoms with Gasteiger partial charge in [-0.15, -0.1) is 0 Å². The van der Waals surface area contributed by atoms with Crippen molar-refractivity contribution >= 4 is 34.6 Å². The number of halogens is 1. The van der Waals surface area contributed by atoms with E-state index in [2.05, 4.69) is 16.6 Å². The molecule has 1 aromatic heterocycles. The van der Waals surface area contributed by atoms with E-state index in [9.17, 15) is 10.1 Å². The maximum Gasteiger partial charge on any atom is 0.272 e. The van der Waals surface area contributed by atoms with Gasteiger partial charge >= 0.3 is 0 Å². The van der Waals surface area contributed by atoms with Crippen molar-refractivity contribution in [2.24, 2.45) is 5.10 Å². The van der Waals surface area contributed by atoms with Crippen molar-refractivity contribution in [3.05, 3.63) is 124 Å². The molecule has 8 heteroatoms. The molecule has 0 spiro atoms. The average molecular weight is 547 g/mol. The summed E-state index contributed by atoms with van der Waals surface area (Å²) in [6.07, 6.45) is 1.47. The Morgan fingerprint density at radius 2 is 1.77 bits per heavy atom. The van der Waals surface area contributed by atoms with E-state index >= 15 is 0 Å². The van der Waals surface area contributed by atoms with Crippen LogP contribution in [0.1, 0.15) is 27.0 Å². The van der Waals surface area contributed by atoms with Gasteiger partial charge in [0.25, 0.3) is 5.91 Å². The Hall–Kier alpha value is -5.19. The number of fused-ring (bicyclic) bond motifs is 1. The summed E-state index contributed by atoms with van der Waals surface area (Å²) >= 11 is 6.51. The summed E-state index contributed by atoms with van der Waals surface area (Å²) < 4.78 is 11.4. The van der Waals surface area contributed by atoms with Crippen molar-refractivity contribution in [1.82, 2.24) is 10.4 Å². The zero-order valence-electron chi connectivity index (χ0n) is 21.5. The second-order valence-electron chi connectivity index (χ2n) is 8.73. The maximum absolute atomic E-state index is 13.2. The van der Waals surface area contributed by atoms with E-state index in [0.717, 1.165) is 16.5 Å². The lowest BCUT2D eigenvalue weighted by atomic mass is 10.0. The fraction of sp³-hybridized carbons (Fsp3) is 0.0625. The number of carbonyl (C=O) groups excluding carboxylic acids is 1. The van der Waals surface area contributed by atoms with Gasteiger partial charge in [0.1, 0.15) is 6.61 Å². The summed E-state index contributed by atoms with van der Waals surface area (Å²) in [5, 5.41) is 14.5. The summed E-state index contributed by atoms with van der Waals surface area (Å²) in [7, 11) is 1.50. The van der Waals surface area contributed by atoms with E-state index in [1.54, 1.807) is 30.3 Å². The second kappa shape index (κ2) is 12.1. The van der Waals surface area contributed by atoms with Crippen LogP contribution in [0, 0.1) is 11.3 Å². The summed E-state index contributed by atoms with van der Waals surface area (Å²) in [6, 6.07) is 31.6. The van der Waals surface area contributed by atoms with Gasteiger partial charge in [0.05, 0.1) is 46.8 Å². The number of hydrogen-bond donors (Lipinski definition) is 1. The van der Waals surface area contributed by atoms with Gasteiger partial charge in [-0.05, 0) is 35.9 Å². The van der Waals surface area contributed by atoms with E-state index in [1.165, 1.54) is 13.3 Å². The number of methoxy groups -OCH3 is 1. The standard InChI is InChI=1S/C32H23ClN4O3/c1-39-30-16-21(15-27(33)31(30)40-20-24-12-6-5-11-23(24)18-34)19-35-37-32(38)26-17-29(22-9-3-2-4-10-22)36-28-14-8-7-13-25(26)28/h2-17,19H,20H2,1H3,(H,37,38)/b35-19+. The lowest BCUT2D eigenvalue weighted by molar-refractivity contribution is 0.0956. The first-order valence-electron chi connectivity index (χ1n) is 12.3. The van der Waals surface area contributed by atoms with Crippen LogP contribution in [0.2, 0.25) is 5.02 Å². The number of rotatable bonds is 8. The number of hydrogen-bond acceptors (Lipinski definition) is 6. The first-order chi connectivity index (χ1) is 19.6. The van der Waals surface area contributed by atoms with Crippen molar-refractivity contribution in [2.75, 3.05) is 7.11 Å². The topological polar surface area (TPSA) is 96.6 Å². The van der Waals surface area contributed by atoms with E-state index in [0.29, 0.717) is 44.4 Å². The van der Waals surface area contributed by atoms with Gasteiger partial charge in [0.15, 0.2) is 11.5 Å². The first-order valence-corrected chi connectivity index (χ1v) is 12.7. The fourth-order valence-corrected chi connectivity index (χ4v) is 4.48. The number of nitriles is 1. The number of ether oxygens (including phenoxy) is 2. The van der Waals surface area contributed by atoms with Crippen LogP contribution in [0.5, 0.6) is 11.5 Å². The SMILES string of the molecule is COc1cc(/C=N/NC(=O)c2cc(-c3ccccc3)nc3ccccc23)cc(Cl)c1OCc1ccccc1C#N. The molecule has 0 aliphatic rings. The number of aromatic nitrogens is 1. The summed E-state index contributed by atoms with van der Waals surface area (Å²) in [4.78, 5) is 17.9. The van der Waals surface area contributed by atoms with Crippen LogP contribution in [0.15, 0.2) is 102 Å². The van der Waals surface area contributed by atoms with E-state index in [4.69, 9.17) is 26.1 Å². The number of nitrogens with one attached hydrogen (secondary N) is 1. The molecule has 7 nitrogen and oxygen atoms in total. The first kappa shape index (κ1) is 26.4. The van der Waals surface area contributed by atoms with Crippen LogP contribution in [-0.2, 0) is 6.61 Å². The van der Waals surface area contributed by atoms with Gasteiger partial charge in [-0.1, -0.05) is 78.3 Å². The Labute approximate surface area is 236 Å². The van der Waals surface area contributed by atoms with Crippen molar-refractivity contribution in [3.63, 3.8) is 0 Å². The average Bonchev–Trinajstić information content (AvgIpc) is 3.00. The van der Waals surface area contributed by atoms with Gasteiger partial charge in [-0.3, -0.25) is 4.79 Å².